The molecule has 0 fully saturated rings. The summed E-state index contributed by atoms with van der Waals surface area (Å²) in [5.41, 5.74) is 11.6. The first-order valence-corrected chi connectivity index (χ1v) is 6.79. The molecule has 1 aliphatic rings. The molecule has 0 radical (unpaired) electrons. The number of ether oxygens (including phenoxy) is 1. The molecule has 1 aromatic carbocycles. The van der Waals surface area contributed by atoms with E-state index in [4.69, 9.17) is 21.3 Å². The number of nitrogens with two attached hydrogens (primary N) is 2. The summed E-state index contributed by atoms with van der Waals surface area (Å²) in [4.78, 5) is 24.4. The van der Waals surface area contributed by atoms with Gasteiger partial charge in [-0.15, -0.1) is 0 Å². The number of Topliss-reactive ketones (excluding diaryl/α,β-unsaturated/α-hetero) is 2. The molecule has 6 nitrogen and oxygen atoms in total. The molecule has 0 aromatic heterocycles. The highest BCUT2D eigenvalue weighted by molar-refractivity contribution is 6.11. The maximum absolute atomic E-state index is 12.2. The van der Waals surface area contributed by atoms with Crippen molar-refractivity contribution in [1.82, 2.24) is 0 Å². The van der Waals surface area contributed by atoms with Gasteiger partial charge in [0.15, 0.2) is 11.6 Å². The molecule has 1 unspecified atom stereocenters. The van der Waals surface area contributed by atoms with Crippen LogP contribution >= 0.6 is 0 Å². The first-order chi connectivity index (χ1) is 9.75. The van der Waals surface area contributed by atoms with Crippen molar-refractivity contribution >= 4 is 17.3 Å². The van der Waals surface area contributed by atoms with E-state index in [0.717, 1.165) is 0 Å². The average molecular weight is 292 g/mol. The summed E-state index contributed by atoms with van der Waals surface area (Å²) >= 11 is 0. The maximum Gasteiger partial charge on any atom is 0.172 e. The zero-order valence-corrected chi connectivity index (χ0v) is 12.2. The van der Waals surface area contributed by atoms with Gasteiger partial charge in [0.05, 0.1) is 24.3 Å². The molecule has 0 saturated carbocycles. The quantitative estimate of drug-likeness (QED) is 0.561. The third kappa shape index (κ3) is 3.06. The lowest BCUT2D eigenvalue weighted by Crippen LogP contribution is -2.36. The van der Waals surface area contributed by atoms with Gasteiger partial charge in [0.25, 0.3) is 0 Å². The summed E-state index contributed by atoms with van der Waals surface area (Å²) in [6, 6.07) is 2.48. The van der Waals surface area contributed by atoms with Crippen molar-refractivity contribution in [2.75, 3.05) is 12.3 Å². The number of carbonyl (C=O) groups excluding carboxylic acids is 2. The smallest absolute Gasteiger partial charge is 0.172 e. The van der Waals surface area contributed by atoms with Crippen LogP contribution in [0.2, 0.25) is 0 Å². The SMILES string of the molecule is CC1(C)CC(=O)c2c(ccc(C(=O)CC(N)CO)c2N)O1. The third-order valence-electron chi connectivity index (χ3n) is 3.44. The Hall–Kier alpha value is -1.92. The van der Waals surface area contributed by atoms with Crippen LogP contribution in [0.3, 0.4) is 0 Å². The summed E-state index contributed by atoms with van der Waals surface area (Å²) in [5.74, 6) is -0.0360. The topological polar surface area (TPSA) is 116 Å². The van der Waals surface area contributed by atoms with Crippen LogP contribution in [0.4, 0.5) is 5.69 Å². The van der Waals surface area contributed by atoms with E-state index in [1.54, 1.807) is 6.07 Å². The first-order valence-electron chi connectivity index (χ1n) is 6.79. The van der Waals surface area contributed by atoms with Crippen LogP contribution < -0.4 is 16.2 Å². The van der Waals surface area contributed by atoms with E-state index >= 15 is 0 Å². The number of ketones is 2. The van der Waals surface area contributed by atoms with Gasteiger partial charge in [0, 0.05) is 18.0 Å². The van der Waals surface area contributed by atoms with E-state index < -0.39 is 11.6 Å². The first kappa shape index (κ1) is 15.5. The molecule has 0 bridgehead atoms. The average Bonchev–Trinajstić information content (AvgIpc) is 2.36. The molecule has 2 rings (SSSR count). The number of aliphatic hydroxyl groups is 1. The Balaban J connectivity index is 2.39. The highest BCUT2D eigenvalue weighted by atomic mass is 16.5. The number of anilines is 1. The number of benzene rings is 1. The number of hydrogen-bond donors (Lipinski definition) is 3. The second kappa shape index (κ2) is 5.46. The molecule has 1 heterocycles. The number of aliphatic hydroxyl groups excluding tert-OH is 1. The molecule has 0 amide bonds. The number of nitrogen functional groups attached to an aromatic ring is 1. The van der Waals surface area contributed by atoms with Crippen molar-refractivity contribution in [2.45, 2.75) is 38.3 Å². The Bertz CT molecular complexity index is 596. The molecule has 6 heteroatoms. The molecule has 5 N–H and O–H groups in total. The predicted molar refractivity (Wildman–Crippen MR) is 78.5 cm³/mol. The molecular weight excluding hydrogens is 272 g/mol. The third-order valence-corrected chi connectivity index (χ3v) is 3.44. The highest BCUT2D eigenvalue weighted by Gasteiger charge is 2.35. The van der Waals surface area contributed by atoms with E-state index in [0.29, 0.717) is 5.75 Å². The minimum Gasteiger partial charge on any atom is -0.487 e. The van der Waals surface area contributed by atoms with Crippen molar-refractivity contribution in [3.05, 3.63) is 23.3 Å². The summed E-state index contributed by atoms with van der Waals surface area (Å²) in [7, 11) is 0. The van der Waals surface area contributed by atoms with Crippen LogP contribution in [0.25, 0.3) is 0 Å². The second-order valence-corrected chi connectivity index (χ2v) is 5.93. The number of carbonyl (C=O) groups is 2. The van der Waals surface area contributed by atoms with Crippen LogP contribution in [0.5, 0.6) is 5.75 Å². The fourth-order valence-electron chi connectivity index (χ4n) is 2.44. The lowest BCUT2D eigenvalue weighted by Gasteiger charge is -2.32. The van der Waals surface area contributed by atoms with Crippen LogP contribution in [0.15, 0.2) is 12.1 Å². The van der Waals surface area contributed by atoms with Gasteiger partial charge >= 0.3 is 0 Å². The van der Waals surface area contributed by atoms with Gasteiger partial charge in [0.1, 0.15) is 11.4 Å². The molecule has 114 valence electrons. The Morgan fingerprint density at radius 2 is 2.14 bits per heavy atom. The summed E-state index contributed by atoms with van der Waals surface area (Å²) < 4.78 is 5.73. The van der Waals surface area contributed by atoms with E-state index in [9.17, 15) is 9.59 Å². The number of rotatable bonds is 4. The van der Waals surface area contributed by atoms with E-state index in [1.807, 2.05) is 13.8 Å². The lowest BCUT2D eigenvalue weighted by molar-refractivity contribution is 0.0622. The van der Waals surface area contributed by atoms with Crippen LogP contribution in [-0.2, 0) is 0 Å². The minimum absolute atomic E-state index is 0.0278. The summed E-state index contributed by atoms with van der Waals surface area (Å²) in [5, 5.41) is 8.91. The normalized spacial score (nSPS) is 17.8. The zero-order valence-electron chi connectivity index (χ0n) is 12.2. The zero-order chi connectivity index (χ0) is 15.8. The second-order valence-electron chi connectivity index (χ2n) is 5.93. The van der Waals surface area contributed by atoms with Crippen molar-refractivity contribution in [2.24, 2.45) is 5.73 Å². The van der Waals surface area contributed by atoms with E-state index in [2.05, 4.69) is 0 Å². The van der Waals surface area contributed by atoms with Gasteiger partial charge in [-0.2, -0.15) is 0 Å². The van der Waals surface area contributed by atoms with Crippen molar-refractivity contribution < 1.29 is 19.4 Å². The fourth-order valence-corrected chi connectivity index (χ4v) is 2.44. The predicted octanol–water partition coefficient (Wildman–Crippen LogP) is 0.905. The molecule has 0 saturated heterocycles. The molecule has 21 heavy (non-hydrogen) atoms. The molecule has 0 aliphatic carbocycles. The Kier molecular flexibility index (Phi) is 4.02. The van der Waals surface area contributed by atoms with Gasteiger partial charge in [-0.3, -0.25) is 9.59 Å². The van der Waals surface area contributed by atoms with Gasteiger partial charge in [-0.1, -0.05) is 0 Å². The monoisotopic (exact) mass is 292 g/mol. The largest absolute Gasteiger partial charge is 0.487 e. The molecule has 1 aliphatic heterocycles. The molecular formula is C15H20N2O4. The molecule has 1 atom stereocenters. The number of fused-ring (bicyclic) bond motifs is 1. The van der Waals surface area contributed by atoms with Gasteiger partial charge in [-0.05, 0) is 26.0 Å². The van der Waals surface area contributed by atoms with Crippen molar-refractivity contribution in [3.8, 4) is 5.75 Å². The fraction of sp³-hybridized carbons (Fsp3) is 0.467. The number of hydrogen-bond acceptors (Lipinski definition) is 6. The van der Waals surface area contributed by atoms with Gasteiger partial charge < -0.3 is 21.3 Å². The van der Waals surface area contributed by atoms with Crippen molar-refractivity contribution in [1.29, 1.82) is 0 Å². The van der Waals surface area contributed by atoms with Crippen LogP contribution in [-0.4, -0.2) is 34.9 Å². The lowest BCUT2D eigenvalue weighted by atomic mass is 9.89. The van der Waals surface area contributed by atoms with Gasteiger partial charge in [0.2, 0.25) is 0 Å². The van der Waals surface area contributed by atoms with Crippen LogP contribution in [0.1, 0.15) is 47.4 Å². The van der Waals surface area contributed by atoms with Crippen molar-refractivity contribution in [3.63, 3.8) is 0 Å². The summed E-state index contributed by atoms with van der Waals surface area (Å²) in [6.07, 6.45) is 0.179. The summed E-state index contributed by atoms with van der Waals surface area (Å²) in [6.45, 7) is 3.36. The minimum atomic E-state index is -0.640. The Morgan fingerprint density at radius 3 is 2.76 bits per heavy atom. The highest BCUT2D eigenvalue weighted by Crippen LogP contribution is 2.38. The van der Waals surface area contributed by atoms with E-state index in [1.165, 1.54) is 6.07 Å². The standard InChI is InChI=1S/C15H20N2O4/c1-15(2)6-11(20)13-12(21-15)4-3-9(14(13)17)10(19)5-8(16)7-18/h3-4,8,18H,5-7,16-17H2,1-2H3. The molecule has 1 aromatic rings. The Labute approximate surface area is 123 Å². The maximum atomic E-state index is 12.2. The van der Waals surface area contributed by atoms with Crippen LogP contribution in [0, 0.1) is 0 Å². The van der Waals surface area contributed by atoms with Gasteiger partial charge in [-0.25, -0.2) is 0 Å². The molecule has 0 spiro atoms. The van der Waals surface area contributed by atoms with E-state index in [-0.39, 0.29) is 47.8 Å². The Morgan fingerprint density at radius 1 is 1.48 bits per heavy atom.